The first-order chi connectivity index (χ1) is 16.2. The molecule has 2 aliphatic rings. The lowest BCUT2D eigenvalue weighted by molar-refractivity contribution is -0.129. The highest BCUT2D eigenvalue weighted by atomic mass is 79.9. The van der Waals surface area contributed by atoms with Crippen LogP contribution in [0.5, 0.6) is 5.75 Å². The fraction of sp³-hybridized carbons (Fsp3) is 0.455. The van der Waals surface area contributed by atoms with Gasteiger partial charge in [0.1, 0.15) is 21.4 Å². The largest absolute Gasteiger partial charge is 0.490 e. The molecule has 0 spiro atoms. The highest BCUT2D eigenvalue weighted by Gasteiger charge is 2.39. The number of amides is 1. The zero-order valence-electron chi connectivity index (χ0n) is 18.2. The second-order valence-corrected chi connectivity index (χ2v) is 11.7. The highest BCUT2D eigenvalue weighted by molar-refractivity contribution is 9.10. The van der Waals surface area contributed by atoms with Gasteiger partial charge < -0.3 is 10.1 Å². The van der Waals surface area contributed by atoms with Gasteiger partial charge >= 0.3 is 0 Å². The van der Waals surface area contributed by atoms with Gasteiger partial charge in [0.15, 0.2) is 0 Å². The molecular weight excluding hydrogens is 567 g/mol. The van der Waals surface area contributed by atoms with Gasteiger partial charge in [0, 0.05) is 31.3 Å². The number of ether oxygens (including phenoxy) is 1. The number of piperidine rings is 2. The van der Waals surface area contributed by atoms with Gasteiger partial charge in [-0.25, -0.2) is 18.1 Å². The number of nitrogens with zero attached hydrogens (tertiary/aromatic N) is 2. The molecule has 2 fully saturated rings. The Labute approximate surface area is 217 Å². The first-order valence-corrected chi connectivity index (χ1v) is 14.0. The zero-order chi connectivity index (χ0) is 24.3. The minimum atomic E-state index is -4.06. The van der Waals surface area contributed by atoms with Crippen LogP contribution in [0.2, 0.25) is 10.0 Å². The lowest BCUT2D eigenvalue weighted by Gasteiger charge is -2.44. The van der Waals surface area contributed by atoms with Gasteiger partial charge in [-0.1, -0.05) is 23.2 Å². The van der Waals surface area contributed by atoms with E-state index in [2.05, 4.69) is 35.9 Å². The van der Waals surface area contributed by atoms with Gasteiger partial charge in [-0.3, -0.25) is 9.69 Å². The van der Waals surface area contributed by atoms with Crippen LogP contribution in [0.15, 0.2) is 46.0 Å². The number of nitrogens with one attached hydrogen (secondary N) is 2. The van der Waals surface area contributed by atoms with Crippen molar-refractivity contribution in [1.82, 2.24) is 19.9 Å². The number of carbonyl (C=O) groups is 1. The highest BCUT2D eigenvalue weighted by Crippen LogP contribution is 2.31. The summed E-state index contributed by atoms with van der Waals surface area (Å²) in [5.74, 6) is -0.00803. The second kappa shape index (κ2) is 11.1. The van der Waals surface area contributed by atoms with E-state index in [1.165, 1.54) is 18.3 Å². The number of sulfonamides is 1. The number of benzene rings is 1. The molecule has 1 amide bonds. The molecule has 2 atom stereocenters. The normalized spacial score (nSPS) is 22.3. The van der Waals surface area contributed by atoms with Crippen LogP contribution < -0.4 is 14.8 Å². The molecule has 184 valence electrons. The van der Waals surface area contributed by atoms with Crippen molar-refractivity contribution in [3.63, 3.8) is 0 Å². The first kappa shape index (κ1) is 25.7. The second-order valence-electron chi connectivity index (χ2n) is 8.36. The van der Waals surface area contributed by atoms with Crippen LogP contribution in [-0.4, -0.2) is 62.0 Å². The summed E-state index contributed by atoms with van der Waals surface area (Å²) in [6.45, 7) is 2.35. The van der Waals surface area contributed by atoms with Gasteiger partial charge in [0.2, 0.25) is 0 Å². The van der Waals surface area contributed by atoms with Crippen molar-refractivity contribution in [1.29, 1.82) is 0 Å². The molecule has 34 heavy (non-hydrogen) atoms. The smallest absolute Gasteiger partial charge is 0.265 e. The Bertz CT molecular complexity index is 1130. The summed E-state index contributed by atoms with van der Waals surface area (Å²) in [7, 11) is -4.06. The molecule has 3 heterocycles. The van der Waals surface area contributed by atoms with E-state index in [9.17, 15) is 13.2 Å². The molecule has 0 radical (unpaired) electrons. The van der Waals surface area contributed by atoms with Crippen molar-refractivity contribution in [2.24, 2.45) is 0 Å². The number of pyridine rings is 1. The summed E-state index contributed by atoms with van der Waals surface area (Å²) in [4.78, 5) is 19.3. The van der Waals surface area contributed by atoms with Crippen LogP contribution in [0.25, 0.3) is 0 Å². The van der Waals surface area contributed by atoms with Crippen molar-refractivity contribution in [3.05, 3.63) is 51.2 Å². The Morgan fingerprint density at radius 2 is 1.91 bits per heavy atom. The number of hydrogen-bond acceptors (Lipinski definition) is 7. The first-order valence-electron chi connectivity index (χ1n) is 11.0. The number of carbonyl (C=O) groups excluding carboxylic acids is 1. The monoisotopic (exact) mass is 590 g/mol. The molecule has 1 aromatic heterocycles. The summed E-state index contributed by atoms with van der Waals surface area (Å²) in [6, 6.07) is 7.49. The maximum Gasteiger partial charge on any atom is 0.265 e. The molecule has 12 heteroatoms. The van der Waals surface area contributed by atoms with E-state index >= 15 is 0 Å². The topological polar surface area (TPSA) is 101 Å². The van der Waals surface area contributed by atoms with Gasteiger partial charge in [0.05, 0.1) is 16.1 Å². The van der Waals surface area contributed by atoms with Crippen molar-refractivity contribution >= 4 is 55.1 Å². The maximum atomic E-state index is 13.3. The third-order valence-electron chi connectivity index (χ3n) is 6.12. The summed E-state index contributed by atoms with van der Waals surface area (Å²) >= 11 is 15.3. The van der Waals surface area contributed by atoms with E-state index in [0.29, 0.717) is 39.8 Å². The molecule has 2 unspecified atom stereocenters. The number of halogens is 3. The van der Waals surface area contributed by atoms with Gasteiger partial charge in [-0.15, -0.1) is 0 Å². The van der Waals surface area contributed by atoms with Gasteiger partial charge in [-0.05, 0) is 72.5 Å². The Morgan fingerprint density at radius 3 is 2.59 bits per heavy atom. The van der Waals surface area contributed by atoms with Crippen LogP contribution in [0.3, 0.4) is 0 Å². The quantitative estimate of drug-likeness (QED) is 0.495. The van der Waals surface area contributed by atoms with Crippen LogP contribution in [0.4, 0.5) is 0 Å². The number of rotatable bonds is 6. The van der Waals surface area contributed by atoms with Crippen LogP contribution >= 0.6 is 39.1 Å². The summed E-state index contributed by atoms with van der Waals surface area (Å²) in [6.07, 6.45) is 3.78. The third-order valence-corrected chi connectivity index (χ3v) is 8.66. The number of aromatic nitrogens is 1. The molecule has 4 rings (SSSR count). The van der Waals surface area contributed by atoms with Crippen molar-refractivity contribution in [2.45, 2.75) is 48.8 Å². The molecule has 1 aromatic carbocycles. The standard InChI is InChI=1S/C22H25BrCl2N4O4S/c23-21-4-2-17(13-27-21)34(31,32)28-22(30)20-12-16(33-15-1-3-18(24)19(25)11-15)7-10-29(20)14-5-8-26-9-6-14/h1-4,11,13-14,16,20,26H,5-10,12H2,(H,28,30). The Kier molecular flexibility index (Phi) is 8.37. The van der Waals surface area contributed by atoms with Gasteiger partial charge in [-0.2, -0.15) is 0 Å². The maximum absolute atomic E-state index is 13.3. The average Bonchev–Trinajstić information content (AvgIpc) is 2.82. The van der Waals surface area contributed by atoms with Crippen molar-refractivity contribution in [3.8, 4) is 5.75 Å². The minimum Gasteiger partial charge on any atom is -0.490 e. The lowest BCUT2D eigenvalue weighted by atomic mass is 9.93. The Hall–Kier alpha value is -1.43. The molecule has 0 aliphatic carbocycles. The van der Waals surface area contributed by atoms with Crippen molar-refractivity contribution < 1.29 is 17.9 Å². The molecule has 2 aromatic rings. The van der Waals surface area contributed by atoms with Crippen molar-refractivity contribution in [2.75, 3.05) is 19.6 Å². The van der Waals surface area contributed by atoms with Crippen LogP contribution in [-0.2, 0) is 14.8 Å². The van der Waals surface area contributed by atoms with E-state index in [1.807, 2.05) is 0 Å². The summed E-state index contributed by atoms with van der Waals surface area (Å²) in [5, 5.41) is 4.15. The van der Waals surface area contributed by atoms with Gasteiger partial charge in [0.25, 0.3) is 15.9 Å². The molecule has 2 N–H and O–H groups in total. The SMILES string of the molecule is O=C(NS(=O)(=O)c1ccc(Br)nc1)C1CC(Oc2ccc(Cl)c(Cl)c2)CCN1C1CCNCC1. The van der Waals surface area contributed by atoms with E-state index in [0.717, 1.165) is 25.9 Å². The fourth-order valence-corrected chi connectivity index (χ4v) is 5.89. The predicted molar refractivity (Wildman–Crippen MR) is 134 cm³/mol. The lowest BCUT2D eigenvalue weighted by Crippen LogP contribution is -2.58. The molecule has 2 saturated heterocycles. The summed E-state index contributed by atoms with van der Waals surface area (Å²) in [5.41, 5.74) is 0. The number of likely N-dealkylation sites (tertiary alicyclic amines) is 1. The molecule has 0 bridgehead atoms. The Balaban J connectivity index is 1.52. The van der Waals surface area contributed by atoms with E-state index in [-0.39, 0.29) is 17.0 Å². The van der Waals surface area contributed by atoms with E-state index in [4.69, 9.17) is 27.9 Å². The van der Waals surface area contributed by atoms with Crippen LogP contribution in [0.1, 0.15) is 25.7 Å². The zero-order valence-corrected chi connectivity index (χ0v) is 22.1. The van der Waals surface area contributed by atoms with Crippen LogP contribution in [0, 0.1) is 0 Å². The molecule has 8 nitrogen and oxygen atoms in total. The fourth-order valence-electron chi connectivity index (χ4n) is 4.41. The third kappa shape index (κ3) is 6.22. The number of hydrogen-bond donors (Lipinski definition) is 2. The molecule has 2 aliphatic heterocycles. The average molecular weight is 592 g/mol. The predicted octanol–water partition coefficient (Wildman–Crippen LogP) is 3.62. The van der Waals surface area contributed by atoms with E-state index in [1.54, 1.807) is 18.2 Å². The molecular formula is C22H25BrCl2N4O4S. The molecule has 0 saturated carbocycles. The Morgan fingerprint density at radius 1 is 1.15 bits per heavy atom. The summed E-state index contributed by atoms with van der Waals surface area (Å²) < 4.78 is 34.6. The minimum absolute atomic E-state index is 0.0723. The van der Waals surface area contributed by atoms with E-state index < -0.39 is 22.0 Å².